The smallest absolute Gasteiger partial charge is 0.160 e. The standard InChI is InChI=1S/C46H30N4/c1-3-15-31(16-4-1)43-45-44(39-25-9-12-28-42(39)50(45)35-20-5-2-6-21-35)48-46(47-43)34-19-13-17-32(29-34)33-18-14-22-36(30-33)49-40-26-10-7-23-37(40)38-24-8-11-27-41(38)49/h1-30H. The maximum absolute atomic E-state index is 5.35. The molecule has 0 aliphatic rings. The van der Waals surface area contributed by atoms with Gasteiger partial charge in [0.05, 0.1) is 27.8 Å². The molecule has 4 heteroatoms. The molecule has 0 saturated carbocycles. The van der Waals surface area contributed by atoms with Gasteiger partial charge in [-0.25, -0.2) is 9.97 Å². The molecule has 50 heavy (non-hydrogen) atoms. The van der Waals surface area contributed by atoms with E-state index in [2.05, 4.69) is 185 Å². The molecule has 0 fully saturated rings. The third-order valence-electron chi connectivity index (χ3n) is 9.71. The van der Waals surface area contributed by atoms with Gasteiger partial charge in [-0.05, 0) is 59.7 Å². The number of aromatic nitrogens is 4. The molecular weight excluding hydrogens is 609 g/mol. The summed E-state index contributed by atoms with van der Waals surface area (Å²) in [7, 11) is 0. The van der Waals surface area contributed by atoms with Crippen LogP contribution in [0.25, 0.3) is 88.9 Å². The zero-order valence-corrected chi connectivity index (χ0v) is 27.1. The molecule has 0 radical (unpaired) electrons. The summed E-state index contributed by atoms with van der Waals surface area (Å²) in [5, 5.41) is 3.61. The van der Waals surface area contributed by atoms with Crippen molar-refractivity contribution >= 4 is 43.7 Å². The Hall–Kier alpha value is -6.78. The van der Waals surface area contributed by atoms with Crippen LogP contribution >= 0.6 is 0 Å². The molecule has 7 aromatic carbocycles. The predicted molar refractivity (Wildman–Crippen MR) is 207 cm³/mol. The van der Waals surface area contributed by atoms with Crippen molar-refractivity contribution in [2.24, 2.45) is 0 Å². The highest BCUT2D eigenvalue weighted by Crippen LogP contribution is 2.39. The fourth-order valence-corrected chi connectivity index (χ4v) is 7.48. The minimum atomic E-state index is 0.702. The van der Waals surface area contributed by atoms with E-state index in [0.717, 1.165) is 61.3 Å². The van der Waals surface area contributed by atoms with Crippen LogP contribution in [-0.2, 0) is 0 Å². The lowest BCUT2D eigenvalue weighted by molar-refractivity contribution is 1.15. The van der Waals surface area contributed by atoms with Crippen molar-refractivity contribution in [2.45, 2.75) is 0 Å². The van der Waals surface area contributed by atoms with Gasteiger partial charge in [0.25, 0.3) is 0 Å². The van der Waals surface area contributed by atoms with Gasteiger partial charge >= 0.3 is 0 Å². The Morgan fingerprint density at radius 1 is 0.340 bits per heavy atom. The van der Waals surface area contributed by atoms with Crippen molar-refractivity contribution in [3.8, 4) is 45.1 Å². The Labute approximate surface area is 289 Å². The summed E-state index contributed by atoms with van der Waals surface area (Å²) < 4.78 is 4.66. The number of nitrogens with zero attached hydrogens (tertiary/aromatic N) is 4. The molecular formula is C46H30N4. The third kappa shape index (κ3) is 4.46. The maximum atomic E-state index is 5.35. The highest BCUT2D eigenvalue weighted by Gasteiger charge is 2.21. The maximum Gasteiger partial charge on any atom is 0.160 e. The van der Waals surface area contributed by atoms with E-state index in [-0.39, 0.29) is 0 Å². The largest absolute Gasteiger partial charge is 0.309 e. The normalized spacial score (nSPS) is 11.6. The summed E-state index contributed by atoms with van der Waals surface area (Å²) in [5.74, 6) is 0.702. The van der Waals surface area contributed by atoms with Crippen molar-refractivity contribution in [2.75, 3.05) is 0 Å². The number of rotatable bonds is 5. The van der Waals surface area contributed by atoms with Crippen LogP contribution in [0, 0.1) is 0 Å². The van der Waals surface area contributed by atoms with Gasteiger partial charge in [0.2, 0.25) is 0 Å². The van der Waals surface area contributed by atoms with E-state index in [1.165, 1.54) is 21.8 Å². The Balaban J connectivity index is 1.16. The molecule has 3 aromatic heterocycles. The van der Waals surface area contributed by atoms with Crippen LogP contribution in [-0.4, -0.2) is 19.1 Å². The second kappa shape index (κ2) is 11.4. The van der Waals surface area contributed by atoms with Gasteiger partial charge in [0, 0.05) is 38.7 Å². The van der Waals surface area contributed by atoms with Crippen LogP contribution in [0.4, 0.5) is 0 Å². The van der Waals surface area contributed by atoms with Crippen LogP contribution in [0.1, 0.15) is 0 Å². The summed E-state index contributed by atoms with van der Waals surface area (Å²) in [6.45, 7) is 0. The molecule has 4 nitrogen and oxygen atoms in total. The molecule has 234 valence electrons. The van der Waals surface area contributed by atoms with Crippen LogP contribution < -0.4 is 0 Å². The van der Waals surface area contributed by atoms with Crippen molar-refractivity contribution in [3.63, 3.8) is 0 Å². The van der Waals surface area contributed by atoms with Gasteiger partial charge in [-0.15, -0.1) is 0 Å². The Morgan fingerprint density at radius 2 is 0.840 bits per heavy atom. The fraction of sp³-hybridized carbons (Fsp3) is 0. The Kier molecular flexibility index (Phi) is 6.46. The lowest BCUT2D eigenvalue weighted by Crippen LogP contribution is -1.99. The lowest BCUT2D eigenvalue weighted by Gasteiger charge is -2.13. The van der Waals surface area contributed by atoms with E-state index < -0.39 is 0 Å². The average Bonchev–Trinajstić information content (AvgIpc) is 3.71. The van der Waals surface area contributed by atoms with E-state index in [4.69, 9.17) is 9.97 Å². The van der Waals surface area contributed by atoms with Crippen LogP contribution in [0.3, 0.4) is 0 Å². The van der Waals surface area contributed by atoms with Gasteiger partial charge in [-0.1, -0.05) is 133 Å². The number of fused-ring (bicyclic) bond motifs is 6. The number of hydrogen-bond acceptors (Lipinski definition) is 2. The molecule has 0 N–H and O–H groups in total. The molecule has 0 atom stereocenters. The summed E-state index contributed by atoms with van der Waals surface area (Å²) in [5.41, 5.74) is 12.8. The third-order valence-corrected chi connectivity index (χ3v) is 9.71. The van der Waals surface area contributed by atoms with Gasteiger partial charge < -0.3 is 9.13 Å². The first kappa shape index (κ1) is 28.3. The summed E-state index contributed by atoms with van der Waals surface area (Å²) >= 11 is 0. The fourth-order valence-electron chi connectivity index (χ4n) is 7.48. The first-order valence-corrected chi connectivity index (χ1v) is 16.9. The van der Waals surface area contributed by atoms with E-state index in [1.54, 1.807) is 0 Å². The molecule has 0 bridgehead atoms. The first-order chi connectivity index (χ1) is 24.8. The highest BCUT2D eigenvalue weighted by molar-refractivity contribution is 6.12. The topological polar surface area (TPSA) is 35.6 Å². The van der Waals surface area contributed by atoms with E-state index in [9.17, 15) is 0 Å². The Morgan fingerprint density at radius 3 is 1.54 bits per heavy atom. The first-order valence-electron chi connectivity index (χ1n) is 16.9. The van der Waals surface area contributed by atoms with E-state index in [0.29, 0.717) is 5.82 Å². The second-order valence-corrected chi connectivity index (χ2v) is 12.6. The Bertz CT molecular complexity index is 2810. The average molecular weight is 639 g/mol. The van der Waals surface area contributed by atoms with Gasteiger partial charge in [0.1, 0.15) is 5.52 Å². The lowest BCUT2D eigenvalue weighted by atomic mass is 10.0. The SMILES string of the molecule is c1ccc(-c2nc(-c3cccc(-c4cccc(-n5c6ccccc6c6ccccc65)c4)c3)nc3c4ccccc4n(-c4ccccc4)c23)cc1. The minimum absolute atomic E-state index is 0.702. The zero-order valence-electron chi connectivity index (χ0n) is 27.1. The molecule has 0 saturated heterocycles. The van der Waals surface area contributed by atoms with Crippen molar-refractivity contribution in [1.29, 1.82) is 0 Å². The molecule has 0 aliphatic heterocycles. The predicted octanol–water partition coefficient (Wildman–Crippen LogP) is 11.7. The molecule has 3 heterocycles. The summed E-state index contributed by atoms with van der Waals surface area (Å²) in [6, 6.07) is 64.2. The minimum Gasteiger partial charge on any atom is -0.309 e. The van der Waals surface area contributed by atoms with Crippen LogP contribution in [0.15, 0.2) is 182 Å². The van der Waals surface area contributed by atoms with Crippen LogP contribution in [0.2, 0.25) is 0 Å². The quantitative estimate of drug-likeness (QED) is 0.188. The highest BCUT2D eigenvalue weighted by atomic mass is 15.0. The van der Waals surface area contributed by atoms with E-state index >= 15 is 0 Å². The monoisotopic (exact) mass is 638 g/mol. The molecule has 10 rings (SSSR count). The van der Waals surface area contributed by atoms with Gasteiger partial charge in [0.15, 0.2) is 5.82 Å². The van der Waals surface area contributed by atoms with Crippen molar-refractivity contribution in [1.82, 2.24) is 19.1 Å². The second-order valence-electron chi connectivity index (χ2n) is 12.6. The molecule has 10 aromatic rings. The molecule has 0 unspecified atom stereocenters. The van der Waals surface area contributed by atoms with Gasteiger partial charge in [-0.2, -0.15) is 0 Å². The van der Waals surface area contributed by atoms with Crippen molar-refractivity contribution < 1.29 is 0 Å². The number of benzene rings is 7. The molecule has 0 amide bonds. The number of para-hydroxylation sites is 4. The van der Waals surface area contributed by atoms with Crippen molar-refractivity contribution in [3.05, 3.63) is 182 Å². The molecule has 0 aliphatic carbocycles. The summed E-state index contributed by atoms with van der Waals surface area (Å²) in [6.07, 6.45) is 0. The summed E-state index contributed by atoms with van der Waals surface area (Å²) in [4.78, 5) is 10.7. The zero-order chi connectivity index (χ0) is 33.0. The van der Waals surface area contributed by atoms with Gasteiger partial charge in [-0.3, -0.25) is 0 Å². The molecule has 0 spiro atoms. The number of hydrogen-bond donors (Lipinski definition) is 0. The van der Waals surface area contributed by atoms with E-state index in [1.807, 2.05) is 6.07 Å². The van der Waals surface area contributed by atoms with Crippen LogP contribution in [0.5, 0.6) is 0 Å².